The number of hydrogen-bond donors (Lipinski definition) is 2. The number of hydrogen-bond acceptors (Lipinski definition) is 2. The lowest BCUT2D eigenvalue weighted by Crippen LogP contribution is -2.51. The van der Waals surface area contributed by atoms with Gasteiger partial charge in [0, 0.05) is 5.92 Å². The van der Waals surface area contributed by atoms with Crippen molar-refractivity contribution in [2.45, 2.75) is 45.1 Å². The van der Waals surface area contributed by atoms with E-state index in [4.69, 9.17) is 5.11 Å². The van der Waals surface area contributed by atoms with Crippen molar-refractivity contribution in [1.82, 2.24) is 5.32 Å². The summed E-state index contributed by atoms with van der Waals surface area (Å²) in [7, 11) is 0. The fourth-order valence-corrected chi connectivity index (χ4v) is 1.65. The van der Waals surface area contributed by atoms with Crippen LogP contribution >= 0.6 is 0 Å². The number of carbonyl (C=O) groups is 2. The Labute approximate surface area is 83.7 Å². The second-order valence-corrected chi connectivity index (χ2v) is 4.40. The summed E-state index contributed by atoms with van der Waals surface area (Å²) in [6.45, 7) is 3.00. The van der Waals surface area contributed by atoms with Gasteiger partial charge in [-0.1, -0.05) is 12.8 Å². The molecule has 0 bridgehead atoms. The number of rotatable bonds is 3. The van der Waals surface area contributed by atoms with Gasteiger partial charge in [-0.25, -0.2) is 4.79 Å². The number of aliphatic carboxylic acids is 1. The van der Waals surface area contributed by atoms with Gasteiger partial charge in [0.1, 0.15) is 5.54 Å². The van der Waals surface area contributed by atoms with Crippen molar-refractivity contribution in [2.24, 2.45) is 5.92 Å². The highest BCUT2D eigenvalue weighted by molar-refractivity contribution is 5.87. The Morgan fingerprint density at radius 3 is 2.21 bits per heavy atom. The average molecular weight is 199 g/mol. The first-order valence-corrected chi connectivity index (χ1v) is 4.99. The standard InChI is InChI=1S/C10H17NO3/c1-10(2,9(13)14)11-8(12)7-5-3-4-6-7/h7H,3-6H2,1-2H3,(H,11,12)(H,13,14). The zero-order chi connectivity index (χ0) is 10.8. The molecular weight excluding hydrogens is 182 g/mol. The Bertz CT molecular complexity index is 242. The summed E-state index contributed by atoms with van der Waals surface area (Å²) in [6.07, 6.45) is 3.93. The monoisotopic (exact) mass is 199 g/mol. The molecule has 4 heteroatoms. The van der Waals surface area contributed by atoms with Gasteiger partial charge < -0.3 is 10.4 Å². The molecule has 0 saturated heterocycles. The SMILES string of the molecule is CC(C)(NC(=O)C1CCCC1)C(=O)O. The van der Waals surface area contributed by atoms with E-state index in [9.17, 15) is 9.59 Å². The summed E-state index contributed by atoms with van der Waals surface area (Å²) in [5.74, 6) is -1.09. The molecule has 0 spiro atoms. The van der Waals surface area contributed by atoms with Crippen molar-refractivity contribution >= 4 is 11.9 Å². The van der Waals surface area contributed by atoms with Gasteiger partial charge in [-0.05, 0) is 26.7 Å². The Hall–Kier alpha value is -1.06. The van der Waals surface area contributed by atoms with E-state index in [-0.39, 0.29) is 11.8 Å². The first-order chi connectivity index (χ1) is 6.43. The van der Waals surface area contributed by atoms with Gasteiger partial charge in [0.2, 0.25) is 5.91 Å². The van der Waals surface area contributed by atoms with Gasteiger partial charge >= 0.3 is 5.97 Å². The van der Waals surface area contributed by atoms with Gasteiger partial charge in [-0.2, -0.15) is 0 Å². The molecule has 0 aliphatic heterocycles. The normalized spacial score (nSPS) is 18.1. The van der Waals surface area contributed by atoms with Crippen LogP contribution in [-0.2, 0) is 9.59 Å². The molecule has 2 N–H and O–H groups in total. The molecule has 0 atom stereocenters. The van der Waals surface area contributed by atoms with Gasteiger partial charge in [-0.15, -0.1) is 0 Å². The van der Waals surface area contributed by atoms with Crippen LogP contribution in [0.3, 0.4) is 0 Å². The van der Waals surface area contributed by atoms with E-state index in [0.29, 0.717) is 0 Å². The van der Waals surface area contributed by atoms with Crippen molar-refractivity contribution in [3.63, 3.8) is 0 Å². The van der Waals surface area contributed by atoms with Gasteiger partial charge in [-0.3, -0.25) is 4.79 Å². The van der Waals surface area contributed by atoms with Crippen molar-refractivity contribution in [2.75, 3.05) is 0 Å². The maximum Gasteiger partial charge on any atom is 0.328 e. The molecule has 1 amide bonds. The maximum atomic E-state index is 11.6. The Balaban J connectivity index is 2.51. The molecule has 0 radical (unpaired) electrons. The molecule has 1 fully saturated rings. The van der Waals surface area contributed by atoms with Crippen LogP contribution in [0.2, 0.25) is 0 Å². The molecule has 0 aromatic heterocycles. The predicted octanol–water partition coefficient (Wildman–Crippen LogP) is 1.16. The lowest BCUT2D eigenvalue weighted by atomic mass is 10.0. The Morgan fingerprint density at radius 1 is 1.29 bits per heavy atom. The van der Waals surface area contributed by atoms with Crippen LogP contribution in [0.25, 0.3) is 0 Å². The minimum absolute atomic E-state index is 0.0219. The number of amides is 1. The molecule has 1 saturated carbocycles. The van der Waals surface area contributed by atoms with Crippen molar-refractivity contribution < 1.29 is 14.7 Å². The molecule has 1 aliphatic rings. The fourth-order valence-electron chi connectivity index (χ4n) is 1.65. The summed E-state index contributed by atoms with van der Waals surface area (Å²) in [5.41, 5.74) is -1.15. The molecule has 14 heavy (non-hydrogen) atoms. The van der Waals surface area contributed by atoms with E-state index in [0.717, 1.165) is 25.7 Å². The van der Waals surface area contributed by atoms with E-state index in [1.807, 2.05) is 0 Å². The van der Waals surface area contributed by atoms with Crippen LogP contribution in [0, 0.1) is 5.92 Å². The zero-order valence-corrected chi connectivity index (χ0v) is 8.67. The molecule has 1 rings (SSSR count). The van der Waals surface area contributed by atoms with E-state index < -0.39 is 11.5 Å². The van der Waals surface area contributed by atoms with Crippen LogP contribution in [0.15, 0.2) is 0 Å². The highest BCUT2D eigenvalue weighted by Crippen LogP contribution is 2.25. The summed E-state index contributed by atoms with van der Waals surface area (Å²) in [4.78, 5) is 22.3. The number of nitrogens with one attached hydrogen (secondary N) is 1. The van der Waals surface area contributed by atoms with Crippen LogP contribution in [-0.4, -0.2) is 22.5 Å². The van der Waals surface area contributed by atoms with Crippen LogP contribution in [0.1, 0.15) is 39.5 Å². The molecule has 4 nitrogen and oxygen atoms in total. The van der Waals surface area contributed by atoms with Crippen molar-refractivity contribution in [1.29, 1.82) is 0 Å². The van der Waals surface area contributed by atoms with Crippen LogP contribution in [0.5, 0.6) is 0 Å². The topological polar surface area (TPSA) is 66.4 Å². The molecule has 80 valence electrons. The highest BCUT2D eigenvalue weighted by Gasteiger charge is 2.32. The molecule has 0 aromatic rings. The average Bonchev–Trinajstić information content (AvgIpc) is 2.54. The summed E-state index contributed by atoms with van der Waals surface area (Å²) >= 11 is 0. The van der Waals surface area contributed by atoms with Crippen LogP contribution < -0.4 is 5.32 Å². The summed E-state index contributed by atoms with van der Waals surface area (Å²) in [6, 6.07) is 0. The second kappa shape index (κ2) is 3.98. The maximum absolute atomic E-state index is 11.6. The number of carboxylic acids is 1. The van der Waals surface area contributed by atoms with Crippen molar-refractivity contribution in [3.8, 4) is 0 Å². The first-order valence-electron chi connectivity index (χ1n) is 4.99. The van der Waals surface area contributed by atoms with E-state index in [1.54, 1.807) is 0 Å². The summed E-state index contributed by atoms with van der Waals surface area (Å²) < 4.78 is 0. The molecule has 0 heterocycles. The van der Waals surface area contributed by atoms with Gasteiger partial charge in [0.15, 0.2) is 0 Å². The minimum Gasteiger partial charge on any atom is -0.480 e. The highest BCUT2D eigenvalue weighted by atomic mass is 16.4. The molecule has 0 unspecified atom stereocenters. The second-order valence-electron chi connectivity index (χ2n) is 4.40. The van der Waals surface area contributed by atoms with E-state index in [2.05, 4.69) is 5.32 Å². The van der Waals surface area contributed by atoms with Crippen molar-refractivity contribution in [3.05, 3.63) is 0 Å². The number of carboxylic acid groups (broad SMARTS) is 1. The Kier molecular flexibility index (Phi) is 3.13. The van der Waals surface area contributed by atoms with Crippen LogP contribution in [0.4, 0.5) is 0 Å². The van der Waals surface area contributed by atoms with Gasteiger partial charge in [0.25, 0.3) is 0 Å². The third kappa shape index (κ3) is 2.47. The lowest BCUT2D eigenvalue weighted by molar-refractivity contribution is -0.146. The molecular formula is C10H17NO3. The smallest absolute Gasteiger partial charge is 0.328 e. The lowest BCUT2D eigenvalue weighted by Gasteiger charge is -2.23. The number of carbonyl (C=O) groups excluding carboxylic acids is 1. The zero-order valence-electron chi connectivity index (χ0n) is 8.67. The first kappa shape index (κ1) is 11.0. The van der Waals surface area contributed by atoms with E-state index >= 15 is 0 Å². The Morgan fingerprint density at radius 2 is 1.79 bits per heavy atom. The quantitative estimate of drug-likeness (QED) is 0.716. The van der Waals surface area contributed by atoms with E-state index in [1.165, 1.54) is 13.8 Å². The predicted molar refractivity (Wildman–Crippen MR) is 51.8 cm³/mol. The fraction of sp³-hybridized carbons (Fsp3) is 0.800. The largest absolute Gasteiger partial charge is 0.480 e. The van der Waals surface area contributed by atoms with Gasteiger partial charge in [0.05, 0.1) is 0 Å². The third-order valence-electron chi connectivity index (χ3n) is 2.70. The minimum atomic E-state index is -1.15. The molecule has 1 aliphatic carbocycles. The summed E-state index contributed by atoms with van der Waals surface area (Å²) in [5, 5.41) is 11.4. The molecule has 0 aromatic carbocycles. The third-order valence-corrected chi connectivity index (χ3v) is 2.70.